The zero-order valence-corrected chi connectivity index (χ0v) is 12.3. The zero-order chi connectivity index (χ0) is 2.71. The Balaban J connectivity index is 0. The van der Waals surface area contributed by atoms with E-state index < -0.39 is 19.7 Å². The molecule has 0 aliphatic carbocycles. The molecule has 0 aliphatic heterocycles. The number of halogens is 3. The fourth-order valence-electron chi connectivity index (χ4n) is 0. The van der Waals surface area contributed by atoms with Crippen molar-refractivity contribution in [2.45, 2.75) is 0 Å². The van der Waals surface area contributed by atoms with Gasteiger partial charge in [0.15, 0.2) is 0 Å². The van der Waals surface area contributed by atoms with Crippen molar-refractivity contribution in [1.82, 2.24) is 0 Å². The van der Waals surface area contributed by atoms with Crippen LogP contribution in [-0.4, -0.2) is 0 Å². The van der Waals surface area contributed by atoms with Crippen LogP contribution in [0.5, 0.6) is 0 Å². The van der Waals surface area contributed by atoms with Crippen LogP contribution in [0.4, 0.5) is 0 Å². The van der Waals surface area contributed by atoms with E-state index in [4.69, 9.17) is 0 Å². The quantitative estimate of drug-likeness (QED) is 0.507. The summed E-state index contributed by atoms with van der Waals surface area (Å²) in [7, 11) is 0. The van der Waals surface area contributed by atoms with Crippen LogP contribution < -0.4 is 0 Å². The first-order chi connectivity index (χ1) is 1.41. The van der Waals surface area contributed by atoms with E-state index in [2.05, 4.69) is 23.8 Å². The summed E-state index contributed by atoms with van der Waals surface area (Å²) in [6.45, 7) is 0. The van der Waals surface area contributed by atoms with Crippen molar-refractivity contribution in [2.24, 2.45) is 0 Å². The molecule has 0 heterocycles. The van der Waals surface area contributed by atoms with Gasteiger partial charge in [-0.2, -0.15) is 0 Å². The van der Waals surface area contributed by atoms with E-state index in [1.54, 1.807) is 0 Å². The Hall–Kier alpha value is 2.38. The summed E-state index contributed by atoms with van der Waals surface area (Å²) in [5, 5.41) is 0. The standard InChI is InChI=1S/3BrH.Hg/h3*1H;/q;;;+2/p-2. The van der Waals surface area contributed by atoms with Crippen LogP contribution in [0.2, 0.25) is 0 Å². The topological polar surface area (TPSA) is 0 Å². The molecule has 0 rings (SSSR count). The van der Waals surface area contributed by atoms with E-state index in [1.165, 1.54) is 0 Å². The van der Waals surface area contributed by atoms with Crippen molar-refractivity contribution < 1.29 is 19.7 Å². The van der Waals surface area contributed by atoms with Gasteiger partial charge < -0.3 is 0 Å². The molecule has 0 bridgehead atoms. The average Bonchev–Trinajstić information content (AvgIpc) is 0.918. The van der Waals surface area contributed by atoms with Gasteiger partial charge in [0.25, 0.3) is 0 Å². The summed E-state index contributed by atoms with van der Waals surface area (Å²) < 4.78 is 0. The van der Waals surface area contributed by atoms with Crippen molar-refractivity contribution in [3.05, 3.63) is 0 Å². The van der Waals surface area contributed by atoms with E-state index in [0.29, 0.717) is 0 Å². The molecule has 0 saturated carbocycles. The fourth-order valence-corrected chi connectivity index (χ4v) is 0. The molecule has 4 heavy (non-hydrogen) atoms. The molecule has 24 valence electrons. The summed E-state index contributed by atoms with van der Waals surface area (Å²) in [5.41, 5.74) is 0. The summed E-state index contributed by atoms with van der Waals surface area (Å²) in [5.74, 6) is 0. The van der Waals surface area contributed by atoms with Gasteiger partial charge in [-0.3, -0.25) is 0 Å². The minimum atomic E-state index is -0.458. The number of hydrogen-bond acceptors (Lipinski definition) is 0. The molecule has 0 amide bonds. The van der Waals surface area contributed by atoms with Gasteiger partial charge in [-0.05, 0) is 0 Å². The Morgan fingerprint density at radius 1 is 1.25 bits per heavy atom. The molecule has 0 unspecified atom stereocenters. The molecule has 0 nitrogen and oxygen atoms in total. The van der Waals surface area contributed by atoms with Crippen molar-refractivity contribution >= 4 is 40.8 Å². The molecule has 0 N–H and O–H groups in total. The number of rotatable bonds is 0. The Bertz CT molecular complexity index is 3.25. The molecule has 0 aromatic heterocycles. The Morgan fingerprint density at radius 2 is 1.25 bits per heavy atom. The fraction of sp³-hybridized carbons (Fsp3) is 0. The Kier molecular flexibility index (Phi) is 21.7. The van der Waals surface area contributed by atoms with Gasteiger partial charge in [0.2, 0.25) is 0 Å². The zero-order valence-electron chi connectivity index (χ0n) is 1.87. The van der Waals surface area contributed by atoms with Gasteiger partial charge >= 0.3 is 43.5 Å². The van der Waals surface area contributed by atoms with Gasteiger partial charge in [0.05, 0.1) is 0 Å². The van der Waals surface area contributed by atoms with Crippen LogP contribution in [0, 0.1) is 0 Å². The molecule has 0 spiro atoms. The van der Waals surface area contributed by atoms with Crippen molar-refractivity contribution in [3.8, 4) is 0 Å². The van der Waals surface area contributed by atoms with Crippen LogP contribution in [0.3, 0.4) is 0 Å². The second-order valence-electron chi connectivity index (χ2n) is 0.101. The number of hydrogen-bond donors (Lipinski definition) is 0. The van der Waals surface area contributed by atoms with E-state index in [1.807, 2.05) is 0 Å². The molecule has 0 fully saturated rings. The molecule has 0 aromatic rings. The maximum atomic E-state index is 3.28. The van der Waals surface area contributed by atoms with Gasteiger partial charge in [0.1, 0.15) is 0 Å². The van der Waals surface area contributed by atoms with E-state index in [0.717, 1.165) is 0 Å². The predicted octanol–water partition coefficient (Wildman–Crippen LogP) is 2.27. The summed E-state index contributed by atoms with van der Waals surface area (Å²) >= 11 is 6.11. The second kappa shape index (κ2) is 9.03. The third kappa shape index (κ3) is 8.83. The summed E-state index contributed by atoms with van der Waals surface area (Å²) in [6, 6.07) is 0. The molecule has 4 heteroatoms. The van der Waals surface area contributed by atoms with Gasteiger partial charge in [-0.25, -0.2) is 0 Å². The van der Waals surface area contributed by atoms with E-state index in [9.17, 15) is 0 Å². The van der Waals surface area contributed by atoms with Crippen molar-refractivity contribution in [2.75, 3.05) is 0 Å². The van der Waals surface area contributed by atoms with Crippen molar-refractivity contribution in [1.29, 1.82) is 0 Å². The monoisotopic (exact) mass is 440 g/mol. The van der Waals surface area contributed by atoms with Gasteiger partial charge in [-0.15, -0.1) is 17.0 Å². The van der Waals surface area contributed by atoms with E-state index in [-0.39, 0.29) is 17.0 Å². The molecule has 0 atom stereocenters. The summed E-state index contributed by atoms with van der Waals surface area (Å²) in [4.78, 5) is 0. The summed E-state index contributed by atoms with van der Waals surface area (Å²) in [6.07, 6.45) is 0. The maximum absolute atomic E-state index is 3.28. The predicted molar refractivity (Wildman–Crippen MR) is 28.2 cm³/mol. The van der Waals surface area contributed by atoms with Crippen LogP contribution in [0.15, 0.2) is 0 Å². The van der Waals surface area contributed by atoms with Gasteiger partial charge in [0, 0.05) is 0 Å². The van der Waals surface area contributed by atoms with Gasteiger partial charge in [-0.1, -0.05) is 0 Å². The third-order valence-corrected chi connectivity index (χ3v) is 0. The normalized spacial score (nSPS) is 2.50. The minimum absolute atomic E-state index is 0. The molecule has 0 radical (unpaired) electrons. The van der Waals surface area contributed by atoms with Crippen LogP contribution >= 0.6 is 40.8 Å². The molecule has 0 aliphatic rings. The molecular weight excluding hydrogens is 440 g/mol. The Labute approximate surface area is 59.4 Å². The first kappa shape index (κ1) is 9.62. The molecule has 0 aromatic carbocycles. The van der Waals surface area contributed by atoms with Crippen molar-refractivity contribution in [3.63, 3.8) is 0 Å². The van der Waals surface area contributed by atoms with Crippen LogP contribution in [0.1, 0.15) is 0 Å². The van der Waals surface area contributed by atoms with Crippen LogP contribution in [0.25, 0.3) is 0 Å². The molecule has 0 saturated heterocycles. The third-order valence-electron chi connectivity index (χ3n) is 0. The Morgan fingerprint density at radius 3 is 1.25 bits per heavy atom. The van der Waals surface area contributed by atoms with Crippen LogP contribution in [-0.2, 0) is 19.7 Å². The second-order valence-corrected chi connectivity index (χ2v) is 23.9. The first-order valence-electron chi connectivity index (χ1n) is 0.535. The SMILES string of the molecule is Br.[Br][Hg][Br]. The average molecular weight is 441 g/mol. The first-order valence-corrected chi connectivity index (χ1v) is 24.4. The van der Waals surface area contributed by atoms with E-state index >= 15 is 0 Å². The molecular formula is HBr3Hg.